The van der Waals surface area contributed by atoms with Crippen LogP contribution < -0.4 is 16.4 Å². The molecule has 142 valence electrons. The Hall–Kier alpha value is -2.45. The van der Waals surface area contributed by atoms with Gasteiger partial charge in [-0.2, -0.15) is 5.10 Å². The zero-order valence-electron chi connectivity index (χ0n) is 15.3. The van der Waals surface area contributed by atoms with Gasteiger partial charge in [0.15, 0.2) is 5.82 Å². The number of hydrogen-bond acceptors (Lipinski definition) is 5. The standard InChI is InChI=1S/C17H24N6O2.ClH/c1-10(19-16(25)17(2,3)4)15(24)20-12-7-5-11(6-8-12)14-21-13(9-18)22-23-14;/h5-8,10H,9,18H2,1-4H3,(H,19,25)(H,20,24)(H,21,22,23);1H. The minimum absolute atomic E-state index is 0. The number of benzene rings is 1. The van der Waals surface area contributed by atoms with E-state index in [1.165, 1.54) is 0 Å². The Kier molecular flexibility index (Phi) is 7.29. The lowest BCUT2D eigenvalue weighted by molar-refractivity contribution is -0.131. The van der Waals surface area contributed by atoms with Crippen molar-refractivity contribution >= 4 is 29.9 Å². The van der Waals surface area contributed by atoms with Crippen molar-refractivity contribution in [2.45, 2.75) is 40.3 Å². The summed E-state index contributed by atoms with van der Waals surface area (Å²) in [6, 6.07) is 6.48. The van der Waals surface area contributed by atoms with Crippen LogP contribution in [0.5, 0.6) is 0 Å². The predicted molar refractivity (Wildman–Crippen MR) is 103 cm³/mol. The van der Waals surface area contributed by atoms with Crippen LogP contribution in [0.1, 0.15) is 33.5 Å². The molecule has 0 spiro atoms. The Morgan fingerprint density at radius 3 is 2.35 bits per heavy atom. The number of nitrogens with zero attached hydrogens (tertiary/aromatic N) is 2. The van der Waals surface area contributed by atoms with Crippen LogP contribution in [-0.2, 0) is 16.1 Å². The fraction of sp³-hybridized carbons (Fsp3) is 0.412. The smallest absolute Gasteiger partial charge is 0.246 e. The molecule has 0 aliphatic rings. The van der Waals surface area contributed by atoms with Gasteiger partial charge in [0.25, 0.3) is 0 Å². The summed E-state index contributed by atoms with van der Waals surface area (Å²) in [6.07, 6.45) is 0. The topological polar surface area (TPSA) is 126 Å². The Balaban J connectivity index is 0.00000338. The van der Waals surface area contributed by atoms with E-state index in [1.54, 1.807) is 52.0 Å². The molecule has 9 heteroatoms. The number of nitrogens with one attached hydrogen (secondary N) is 3. The molecule has 0 fully saturated rings. The van der Waals surface area contributed by atoms with E-state index in [4.69, 9.17) is 5.73 Å². The number of hydrogen-bond donors (Lipinski definition) is 4. The number of halogens is 1. The Bertz CT molecular complexity index is 751. The van der Waals surface area contributed by atoms with Crippen LogP contribution in [0.15, 0.2) is 24.3 Å². The largest absolute Gasteiger partial charge is 0.344 e. The zero-order valence-corrected chi connectivity index (χ0v) is 16.1. The average Bonchev–Trinajstić information content (AvgIpc) is 3.03. The number of aromatic nitrogens is 3. The summed E-state index contributed by atoms with van der Waals surface area (Å²) in [5, 5.41) is 12.3. The van der Waals surface area contributed by atoms with Crippen molar-refractivity contribution in [1.82, 2.24) is 20.5 Å². The van der Waals surface area contributed by atoms with Gasteiger partial charge >= 0.3 is 0 Å². The molecule has 0 radical (unpaired) electrons. The molecule has 2 rings (SSSR count). The molecule has 0 aliphatic heterocycles. The predicted octanol–water partition coefficient (Wildman–Crippen LogP) is 1.84. The van der Waals surface area contributed by atoms with Crippen molar-refractivity contribution in [2.75, 3.05) is 5.32 Å². The molecule has 2 aromatic rings. The third kappa shape index (κ3) is 5.53. The second-order valence-electron chi connectivity index (χ2n) is 6.82. The lowest BCUT2D eigenvalue weighted by Gasteiger charge is -2.21. The quantitative estimate of drug-likeness (QED) is 0.629. The number of H-pyrrole nitrogens is 1. The van der Waals surface area contributed by atoms with Gasteiger partial charge in [-0.25, -0.2) is 4.98 Å². The normalized spacial score (nSPS) is 12.0. The van der Waals surface area contributed by atoms with Gasteiger partial charge in [-0.15, -0.1) is 12.4 Å². The van der Waals surface area contributed by atoms with E-state index in [0.717, 1.165) is 5.56 Å². The second-order valence-corrected chi connectivity index (χ2v) is 6.82. The van der Waals surface area contributed by atoms with Crippen LogP contribution in [0.3, 0.4) is 0 Å². The van der Waals surface area contributed by atoms with E-state index in [-0.39, 0.29) is 24.2 Å². The van der Waals surface area contributed by atoms with E-state index < -0.39 is 11.5 Å². The first kappa shape index (κ1) is 21.6. The van der Waals surface area contributed by atoms with Gasteiger partial charge in [-0.3, -0.25) is 14.7 Å². The Morgan fingerprint density at radius 2 is 1.85 bits per heavy atom. The maximum atomic E-state index is 12.2. The molecule has 26 heavy (non-hydrogen) atoms. The first-order valence-electron chi connectivity index (χ1n) is 8.04. The average molecular weight is 381 g/mol. The highest BCUT2D eigenvalue weighted by Gasteiger charge is 2.25. The maximum absolute atomic E-state index is 12.2. The molecule has 2 amide bonds. The third-order valence-electron chi connectivity index (χ3n) is 3.56. The third-order valence-corrected chi connectivity index (χ3v) is 3.56. The second kappa shape index (κ2) is 8.77. The minimum Gasteiger partial charge on any atom is -0.344 e. The van der Waals surface area contributed by atoms with Crippen molar-refractivity contribution in [2.24, 2.45) is 11.1 Å². The van der Waals surface area contributed by atoms with Gasteiger partial charge in [0.2, 0.25) is 11.8 Å². The van der Waals surface area contributed by atoms with Gasteiger partial charge in [0, 0.05) is 16.7 Å². The first-order valence-corrected chi connectivity index (χ1v) is 8.04. The highest BCUT2D eigenvalue weighted by molar-refractivity contribution is 5.97. The van der Waals surface area contributed by atoms with Crippen molar-refractivity contribution < 1.29 is 9.59 Å². The SMILES string of the molecule is CC(NC(=O)C(C)(C)C)C(=O)Nc1ccc(-c2n[nH]c(CN)n2)cc1.Cl. The van der Waals surface area contributed by atoms with Gasteiger partial charge in [0.1, 0.15) is 11.9 Å². The molecule has 0 bridgehead atoms. The fourth-order valence-corrected chi connectivity index (χ4v) is 1.95. The van der Waals surface area contributed by atoms with Crippen LogP contribution in [0.2, 0.25) is 0 Å². The van der Waals surface area contributed by atoms with Crippen LogP contribution >= 0.6 is 12.4 Å². The van der Waals surface area contributed by atoms with Crippen LogP contribution in [0, 0.1) is 5.41 Å². The number of carbonyl (C=O) groups is 2. The molecule has 5 N–H and O–H groups in total. The number of aromatic amines is 1. The zero-order chi connectivity index (χ0) is 18.6. The molecule has 0 saturated heterocycles. The molecule has 0 aliphatic carbocycles. The number of rotatable bonds is 5. The molecule has 1 aromatic heterocycles. The number of nitrogens with two attached hydrogens (primary N) is 1. The monoisotopic (exact) mass is 380 g/mol. The molecule has 1 unspecified atom stereocenters. The van der Waals surface area contributed by atoms with Gasteiger partial charge in [-0.1, -0.05) is 20.8 Å². The van der Waals surface area contributed by atoms with Gasteiger partial charge in [0.05, 0.1) is 6.54 Å². The number of amides is 2. The summed E-state index contributed by atoms with van der Waals surface area (Å²) in [5.41, 5.74) is 6.39. The minimum atomic E-state index is -0.633. The van der Waals surface area contributed by atoms with Crippen molar-refractivity contribution in [1.29, 1.82) is 0 Å². The van der Waals surface area contributed by atoms with Crippen molar-refractivity contribution in [3.63, 3.8) is 0 Å². The molecule has 1 heterocycles. The Labute approximate surface area is 158 Å². The van der Waals surface area contributed by atoms with E-state index >= 15 is 0 Å². The van der Waals surface area contributed by atoms with Crippen molar-refractivity contribution in [3.8, 4) is 11.4 Å². The van der Waals surface area contributed by atoms with Crippen LogP contribution in [0.25, 0.3) is 11.4 Å². The molecule has 8 nitrogen and oxygen atoms in total. The highest BCUT2D eigenvalue weighted by Crippen LogP contribution is 2.18. The molecular weight excluding hydrogens is 356 g/mol. The lowest BCUT2D eigenvalue weighted by Crippen LogP contribution is -2.46. The summed E-state index contributed by atoms with van der Waals surface area (Å²) in [5.74, 6) is 0.694. The van der Waals surface area contributed by atoms with Gasteiger partial charge in [-0.05, 0) is 31.2 Å². The van der Waals surface area contributed by atoms with E-state index in [0.29, 0.717) is 23.9 Å². The maximum Gasteiger partial charge on any atom is 0.246 e. The van der Waals surface area contributed by atoms with E-state index in [9.17, 15) is 9.59 Å². The highest BCUT2D eigenvalue weighted by atomic mass is 35.5. The summed E-state index contributed by atoms with van der Waals surface area (Å²) in [7, 11) is 0. The van der Waals surface area contributed by atoms with E-state index in [2.05, 4.69) is 25.8 Å². The summed E-state index contributed by atoms with van der Waals surface area (Å²) in [6.45, 7) is 7.33. The summed E-state index contributed by atoms with van der Waals surface area (Å²) in [4.78, 5) is 28.4. The summed E-state index contributed by atoms with van der Waals surface area (Å²) >= 11 is 0. The van der Waals surface area contributed by atoms with E-state index in [1.807, 2.05) is 0 Å². The van der Waals surface area contributed by atoms with Crippen LogP contribution in [-0.4, -0.2) is 33.0 Å². The molecular formula is C17H25ClN6O2. The molecule has 1 aromatic carbocycles. The summed E-state index contributed by atoms with van der Waals surface area (Å²) < 4.78 is 0. The van der Waals surface area contributed by atoms with Crippen molar-refractivity contribution in [3.05, 3.63) is 30.1 Å². The van der Waals surface area contributed by atoms with Gasteiger partial charge < -0.3 is 16.4 Å². The molecule has 1 atom stereocenters. The fourth-order valence-electron chi connectivity index (χ4n) is 1.95. The lowest BCUT2D eigenvalue weighted by atomic mass is 9.95. The number of carbonyl (C=O) groups excluding carboxylic acids is 2. The Morgan fingerprint density at radius 1 is 1.23 bits per heavy atom. The van der Waals surface area contributed by atoms with Crippen LogP contribution in [0.4, 0.5) is 5.69 Å². The first-order chi connectivity index (χ1) is 11.7. The number of anilines is 1. The molecule has 0 saturated carbocycles.